The van der Waals surface area contributed by atoms with E-state index >= 15 is 0 Å². The predicted molar refractivity (Wildman–Crippen MR) is 143 cm³/mol. The second-order valence-corrected chi connectivity index (χ2v) is 8.80. The normalized spacial score (nSPS) is 10.7. The molecule has 1 amide bonds. The van der Waals surface area contributed by atoms with Gasteiger partial charge in [0.2, 0.25) is 0 Å². The van der Waals surface area contributed by atoms with Crippen LogP contribution in [0, 0.1) is 6.92 Å². The molecular weight excluding hydrogens is 520 g/mol. The van der Waals surface area contributed by atoms with Crippen molar-refractivity contribution in [3.05, 3.63) is 129 Å². The number of benzene rings is 4. The molecule has 0 bridgehead atoms. The first-order chi connectivity index (χ1) is 17.5. The van der Waals surface area contributed by atoms with E-state index in [-0.39, 0.29) is 5.91 Å². The number of nitrogens with one attached hydrogen (secondary N) is 1. The van der Waals surface area contributed by atoms with Crippen LogP contribution >= 0.6 is 15.9 Å². The highest BCUT2D eigenvalue weighted by molar-refractivity contribution is 9.10. The van der Waals surface area contributed by atoms with Crippen LogP contribution in [0.1, 0.15) is 37.4 Å². The maximum atomic E-state index is 12.6. The number of hydrogen-bond donors (Lipinski definition) is 1. The van der Waals surface area contributed by atoms with Crippen LogP contribution in [0.25, 0.3) is 0 Å². The molecule has 1 N–H and O–H groups in total. The van der Waals surface area contributed by atoms with Gasteiger partial charge < -0.3 is 9.47 Å². The molecule has 0 heterocycles. The zero-order chi connectivity index (χ0) is 25.3. The Balaban J connectivity index is 1.38. The first-order valence-electron chi connectivity index (χ1n) is 11.2. The molecule has 0 atom stereocenters. The number of halogens is 1. The summed E-state index contributed by atoms with van der Waals surface area (Å²) in [7, 11) is 0. The Morgan fingerprint density at radius 2 is 1.64 bits per heavy atom. The Hall–Kier alpha value is -4.23. The molecule has 0 aliphatic carbocycles. The van der Waals surface area contributed by atoms with E-state index in [9.17, 15) is 9.59 Å². The number of carbonyl (C=O) groups excluding carboxylic acids is 2. The number of carbonyl (C=O) groups is 2. The van der Waals surface area contributed by atoms with Gasteiger partial charge in [-0.2, -0.15) is 5.10 Å². The molecule has 4 aromatic rings. The lowest BCUT2D eigenvalue weighted by Gasteiger charge is -2.09. The number of nitrogens with zero attached hydrogens (tertiary/aromatic N) is 1. The van der Waals surface area contributed by atoms with Gasteiger partial charge in [0.05, 0.1) is 11.8 Å². The highest BCUT2D eigenvalue weighted by Crippen LogP contribution is 2.23. The van der Waals surface area contributed by atoms with Crippen LogP contribution in [-0.4, -0.2) is 18.1 Å². The standard InChI is InChI=1S/C29H23BrN2O4/c1-20-7-5-6-10-26(20)29(34)36-27-16-13-24(30)17-23(27)18-31-32-28(33)22-11-14-25(15-12-22)35-19-21-8-3-2-4-9-21/h2-18H,19H2,1H3,(H,32,33). The van der Waals surface area contributed by atoms with Gasteiger partial charge in [-0.05, 0) is 66.6 Å². The summed E-state index contributed by atoms with van der Waals surface area (Å²) >= 11 is 3.41. The van der Waals surface area contributed by atoms with Crippen molar-refractivity contribution in [2.45, 2.75) is 13.5 Å². The molecule has 0 unspecified atom stereocenters. The van der Waals surface area contributed by atoms with Crippen LogP contribution in [0.3, 0.4) is 0 Å². The summed E-state index contributed by atoms with van der Waals surface area (Å²) in [6, 6.07) is 29.0. The van der Waals surface area contributed by atoms with Crippen molar-refractivity contribution < 1.29 is 19.1 Å². The molecule has 4 aromatic carbocycles. The van der Waals surface area contributed by atoms with E-state index in [0.29, 0.717) is 34.8 Å². The Labute approximate surface area is 217 Å². The van der Waals surface area contributed by atoms with Crippen LogP contribution in [0.2, 0.25) is 0 Å². The Bertz CT molecular complexity index is 1390. The van der Waals surface area contributed by atoms with E-state index in [0.717, 1.165) is 15.6 Å². The third kappa shape index (κ3) is 6.67. The van der Waals surface area contributed by atoms with Crippen LogP contribution in [0.4, 0.5) is 0 Å². The average Bonchev–Trinajstić information content (AvgIpc) is 2.90. The Morgan fingerprint density at radius 3 is 2.39 bits per heavy atom. The summed E-state index contributed by atoms with van der Waals surface area (Å²) in [5.74, 6) is 0.135. The smallest absolute Gasteiger partial charge is 0.343 e. The molecule has 0 spiro atoms. The van der Waals surface area contributed by atoms with Gasteiger partial charge in [0, 0.05) is 15.6 Å². The van der Waals surface area contributed by atoms with Crippen molar-refractivity contribution in [1.82, 2.24) is 5.43 Å². The number of hydrazone groups is 1. The Morgan fingerprint density at radius 1 is 0.917 bits per heavy atom. The number of ether oxygens (including phenoxy) is 2. The third-order valence-electron chi connectivity index (χ3n) is 5.27. The highest BCUT2D eigenvalue weighted by atomic mass is 79.9. The maximum absolute atomic E-state index is 12.6. The van der Waals surface area contributed by atoms with E-state index in [1.807, 2.05) is 49.4 Å². The van der Waals surface area contributed by atoms with E-state index in [2.05, 4.69) is 26.5 Å². The van der Waals surface area contributed by atoms with Crippen LogP contribution in [0.5, 0.6) is 11.5 Å². The van der Waals surface area contributed by atoms with E-state index in [1.165, 1.54) is 6.21 Å². The average molecular weight is 543 g/mol. The fourth-order valence-corrected chi connectivity index (χ4v) is 3.72. The van der Waals surface area contributed by atoms with Gasteiger partial charge in [0.25, 0.3) is 5.91 Å². The number of rotatable bonds is 8. The summed E-state index contributed by atoms with van der Waals surface area (Å²) in [6.45, 7) is 2.29. The fourth-order valence-electron chi connectivity index (χ4n) is 3.34. The summed E-state index contributed by atoms with van der Waals surface area (Å²) in [5, 5.41) is 4.05. The zero-order valence-electron chi connectivity index (χ0n) is 19.5. The number of hydrogen-bond acceptors (Lipinski definition) is 5. The fraction of sp³-hybridized carbons (Fsp3) is 0.0690. The quantitative estimate of drug-likeness (QED) is 0.122. The summed E-state index contributed by atoms with van der Waals surface area (Å²) in [5.41, 5.74) is 5.81. The molecule has 0 saturated heterocycles. The molecular formula is C29H23BrN2O4. The van der Waals surface area contributed by atoms with Crippen molar-refractivity contribution in [3.8, 4) is 11.5 Å². The van der Waals surface area contributed by atoms with E-state index in [1.54, 1.807) is 54.6 Å². The molecule has 0 aromatic heterocycles. The van der Waals surface area contributed by atoms with Gasteiger partial charge in [0.15, 0.2) is 0 Å². The second kappa shape index (κ2) is 12.0. The minimum absolute atomic E-state index is 0.323. The van der Waals surface area contributed by atoms with E-state index < -0.39 is 5.97 Å². The molecule has 0 aliphatic rings. The molecule has 36 heavy (non-hydrogen) atoms. The summed E-state index contributed by atoms with van der Waals surface area (Å²) in [4.78, 5) is 25.2. The van der Waals surface area contributed by atoms with Gasteiger partial charge >= 0.3 is 5.97 Å². The molecule has 0 fully saturated rings. The van der Waals surface area contributed by atoms with Gasteiger partial charge in [-0.25, -0.2) is 10.2 Å². The van der Waals surface area contributed by atoms with Crippen molar-refractivity contribution in [2.24, 2.45) is 5.10 Å². The minimum Gasteiger partial charge on any atom is -0.489 e. The molecule has 0 saturated carbocycles. The Kier molecular flexibility index (Phi) is 8.26. The lowest BCUT2D eigenvalue weighted by atomic mass is 10.1. The number of esters is 1. The van der Waals surface area contributed by atoms with Gasteiger partial charge in [-0.3, -0.25) is 4.79 Å². The number of aryl methyl sites for hydroxylation is 1. The lowest BCUT2D eigenvalue weighted by molar-refractivity contribution is 0.0733. The molecule has 7 heteroatoms. The summed E-state index contributed by atoms with van der Waals surface area (Å²) < 4.78 is 12.1. The van der Waals surface area contributed by atoms with Gasteiger partial charge in [-0.1, -0.05) is 64.5 Å². The molecule has 180 valence electrons. The predicted octanol–water partition coefficient (Wildman–Crippen LogP) is 6.32. The van der Waals surface area contributed by atoms with Crippen molar-refractivity contribution >= 4 is 34.0 Å². The van der Waals surface area contributed by atoms with Crippen LogP contribution in [0.15, 0.2) is 107 Å². The topological polar surface area (TPSA) is 77.0 Å². The molecule has 4 rings (SSSR count). The van der Waals surface area contributed by atoms with Crippen molar-refractivity contribution in [2.75, 3.05) is 0 Å². The molecule has 0 radical (unpaired) electrons. The number of amides is 1. The van der Waals surface area contributed by atoms with Gasteiger partial charge in [-0.15, -0.1) is 0 Å². The molecule has 6 nitrogen and oxygen atoms in total. The largest absolute Gasteiger partial charge is 0.489 e. The maximum Gasteiger partial charge on any atom is 0.343 e. The SMILES string of the molecule is Cc1ccccc1C(=O)Oc1ccc(Br)cc1C=NNC(=O)c1ccc(OCc2ccccc2)cc1. The monoisotopic (exact) mass is 542 g/mol. The second-order valence-electron chi connectivity index (χ2n) is 7.88. The zero-order valence-corrected chi connectivity index (χ0v) is 21.1. The summed E-state index contributed by atoms with van der Waals surface area (Å²) in [6.07, 6.45) is 1.43. The minimum atomic E-state index is -0.469. The first-order valence-corrected chi connectivity index (χ1v) is 12.0. The van der Waals surface area contributed by atoms with E-state index in [4.69, 9.17) is 9.47 Å². The lowest BCUT2D eigenvalue weighted by Crippen LogP contribution is -2.17. The van der Waals surface area contributed by atoms with Crippen LogP contribution in [-0.2, 0) is 6.61 Å². The highest BCUT2D eigenvalue weighted by Gasteiger charge is 2.13. The van der Waals surface area contributed by atoms with Crippen LogP contribution < -0.4 is 14.9 Å². The van der Waals surface area contributed by atoms with Crippen molar-refractivity contribution in [1.29, 1.82) is 0 Å². The molecule has 0 aliphatic heterocycles. The van der Waals surface area contributed by atoms with Crippen molar-refractivity contribution in [3.63, 3.8) is 0 Å². The van der Waals surface area contributed by atoms with Gasteiger partial charge in [0.1, 0.15) is 18.1 Å². The third-order valence-corrected chi connectivity index (χ3v) is 5.77. The first kappa shape index (κ1) is 24.9.